The summed E-state index contributed by atoms with van der Waals surface area (Å²) < 4.78 is 21.7. The molecule has 0 saturated heterocycles. The number of aliphatic carboxylic acids is 1. The zero-order valence-electron chi connectivity index (χ0n) is 14.2. The van der Waals surface area contributed by atoms with Gasteiger partial charge in [-0.2, -0.15) is 0 Å². The lowest BCUT2D eigenvalue weighted by Crippen LogP contribution is -2.39. The van der Waals surface area contributed by atoms with Crippen LogP contribution in [0.5, 0.6) is 0 Å². The van der Waals surface area contributed by atoms with E-state index in [2.05, 4.69) is 0 Å². The van der Waals surface area contributed by atoms with Gasteiger partial charge in [-0.1, -0.05) is 11.6 Å². The molecule has 0 aromatic heterocycles. The van der Waals surface area contributed by atoms with Crippen LogP contribution in [0.25, 0.3) is 0 Å². The zero-order valence-corrected chi connectivity index (χ0v) is 14.2. The molecule has 0 radical (unpaired) electrons. The third kappa shape index (κ3) is 4.36. The number of esters is 1. The number of fused-ring (bicyclic) bond motifs is 1. The molecular weight excluding hydrogens is 316 g/mol. The summed E-state index contributed by atoms with van der Waals surface area (Å²) in [5.41, 5.74) is 1.23. The van der Waals surface area contributed by atoms with Gasteiger partial charge < -0.3 is 24.1 Å². The maximum Gasteiger partial charge on any atom is 0.335 e. The van der Waals surface area contributed by atoms with E-state index in [0.29, 0.717) is 19.4 Å². The second-order valence-corrected chi connectivity index (χ2v) is 5.78. The highest BCUT2D eigenvalue weighted by Gasteiger charge is 2.44. The van der Waals surface area contributed by atoms with E-state index in [1.807, 2.05) is 13.0 Å². The van der Waals surface area contributed by atoms with Gasteiger partial charge in [-0.05, 0) is 20.3 Å². The van der Waals surface area contributed by atoms with Gasteiger partial charge in [0.2, 0.25) is 6.29 Å². The van der Waals surface area contributed by atoms with E-state index >= 15 is 0 Å². The lowest BCUT2D eigenvalue weighted by atomic mass is 9.82. The van der Waals surface area contributed by atoms with Crippen molar-refractivity contribution >= 4 is 11.9 Å². The second kappa shape index (κ2) is 8.30. The third-order valence-corrected chi connectivity index (χ3v) is 4.19. The van der Waals surface area contributed by atoms with Crippen molar-refractivity contribution in [3.63, 3.8) is 0 Å². The van der Waals surface area contributed by atoms with Crippen LogP contribution in [-0.4, -0.2) is 42.8 Å². The lowest BCUT2D eigenvalue weighted by Gasteiger charge is -2.35. The van der Waals surface area contributed by atoms with Crippen LogP contribution in [0.1, 0.15) is 33.6 Å². The van der Waals surface area contributed by atoms with Crippen molar-refractivity contribution in [2.75, 3.05) is 13.2 Å². The Hall–Kier alpha value is -1.86. The van der Waals surface area contributed by atoms with Crippen molar-refractivity contribution in [2.24, 2.45) is 11.8 Å². The molecular formula is C17H24O7. The Balaban J connectivity index is 2.11. The molecule has 0 aromatic carbocycles. The Morgan fingerprint density at radius 1 is 1.46 bits per heavy atom. The highest BCUT2D eigenvalue weighted by molar-refractivity contribution is 5.87. The molecule has 0 spiro atoms. The molecule has 0 aromatic rings. The van der Waals surface area contributed by atoms with Gasteiger partial charge in [0, 0.05) is 25.9 Å². The van der Waals surface area contributed by atoms with E-state index in [4.69, 9.17) is 18.9 Å². The molecule has 0 fully saturated rings. The molecule has 0 saturated carbocycles. The Kier molecular flexibility index (Phi) is 6.39. The lowest BCUT2D eigenvalue weighted by molar-refractivity contribution is -0.242. The van der Waals surface area contributed by atoms with Crippen LogP contribution in [0.2, 0.25) is 0 Å². The van der Waals surface area contributed by atoms with Crippen molar-refractivity contribution in [2.45, 2.75) is 46.2 Å². The van der Waals surface area contributed by atoms with E-state index in [1.165, 1.54) is 13.2 Å². The molecule has 1 aliphatic heterocycles. The van der Waals surface area contributed by atoms with Gasteiger partial charge in [-0.3, -0.25) is 4.79 Å². The van der Waals surface area contributed by atoms with Gasteiger partial charge in [0.15, 0.2) is 6.29 Å². The van der Waals surface area contributed by atoms with E-state index in [-0.39, 0.29) is 30.0 Å². The largest absolute Gasteiger partial charge is 0.478 e. The minimum Gasteiger partial charge on any atom is -0.478 e. The van der Waals surface area contributed by atoms with Gasteiger partial charge in [0.1, 0.15) is 0 Å². The summed E-state index contributed by atoms with van der Waals surface area (Å²) in [5, 5.41) is 9.37. The summed E-state index contributed by atoms with van der Waals surface area (Å²) >= 11 is 0. The first-order valence-electron chi connectivity index (χ1n) is 8.12. The van der Waals surface area contributed by atoms with E-state index in [9.17, 15) is 14.7 Å². The number of ether oxygens (including phenoxy) is 4. The Bertz CT molecular complexity index is 537. The predicted molar refractivity (Wildman–Crippen MR) is 83.7 cm³/mol. The van der Waals surface area contributed by atoms with Crippen LogP contribution in [0.3, 0.4) is 0 Å². The van der Waals surface area contributed by atoms with Crippen LogP contribution in [-0.2, 0) is 28.5 Å². The number of rotatable bonds is 8. The van der Waals surface area contributed by atoms with Crippen LogP contribution in [0.15, 0.2) is 23.5 Å². The van der Waals surface area contributed by atoms with Crippen LogP contribution >= 0.6 is 0 Å². The number of hydrogen-bond donors (Lipinski definition) is 1. The smallest absolute Gasteiger partial charge is 0.335 e. The number of hydrogen-bond acceptors (Lipinski definition) is 6. The number of carbonyl (C=O) groups is 2. The fraction of sp³-hybridized carbons (Fsp3) is 0.647. The van der Waals surface area contributed by atoms with Crippen LogP contribution < -0.4 is 0 Å². The van der Waals surface area contributed by atoms with Gasteiger partial charge in [0.25, 0.3) is 0 Å². The van der Waals surface area contributed by atoms with Crippen LogP contribution in [0.4, 0.5) is 0 Å². The average Bonchev–Trinajstić information content (AvgIpc) is 2.91. The van der Waals surface area contributed by atoms with Gasteiger partial charge in [-0.15, -0.1) is 0 Å². The summed E-state index contributed by atoms with van der Waals surface area (Å²) in [7, 11) is 0. The minimum absolute atomic E-state index is 0.206. The first-order valence-corrected chi connectivity index (χ1v) is 8.12. The normalized spacial score (nSPS) is 26.7. The summed E-state index contributed by atoms with van der Waals surface area (Å²) in [6.07, 6.45) is 3.31. The number of carboxylic acids is 1. The third-order valence-electron chi connectivity index (χ3n) is 4.19. The molecule has 1 aliphatic carbocycles. The SMILES string of the molecule is CCOC(C)O[C@@H]1OC=C(C(=O)O)[C@H]2CC=C(CCOC(C)=O)[C@H]12. The monoisotopic (exact) mass is 340 g/mol. The molecule has 4 atom stereocenters. The molecule has 1 unspecified atom stereocenters. The average molecular weight is 340 g/mol. The highest BCUT2D eigenvalue weighted by Crippen LogP contribution is 2.44. The molecule has 7 heteroatoms. The van der Waals surface area contributed by atoms with Gasteiger partial charge >= 0.3 is 11.9 Å². The second-order valence-electron chi connectivity index (χ2n) is 5.78. The first kappa shape index (κ1) is 18.5. The summed E-state index contributed by atoms with van der Waals surface area (Å²) in [6.45, 7) is 5.76. The fourth-order valence-electron chi connectivity index (χ4n) is 3.19. The molecule has 24 heavy (non-hydrogen) atoms. The maximum absolute atomic E-state index is 11.4. The Labute approximate surface area is 141 Å². The van der Waals surface area contributed by atoms with Crippen molar-refractivity contribution in [1.29, 1.82) is 0 Å². The maximum atomic E-state index is 11.4. The first-order chi connectivity index (χ1) is 11.4. The molecule has 134 valence electrons. The predicted octanol–water partition coefficient (Wildman–Crippen LogP) is 2.23. The van der Waals surface area contributed by atoms with Crippen molar-refractivity contribution in [3.8, 4) is 0 Å². The molecule has 7 nitrogen and oxygen atoms in total. The molecule has 0 amide bonds. The number of allylic oxidation sites excluding steroid dienone is 1. The summed E-state index contributed by atoms with van der Waals surface area (Å²) in [4.78, 5) is 22.4. The minimum atomic E-state index is -0.990. The quantitative estimate of drug-likeness (QED) is 0.411. The van der Waals surface area contributed by atoms with Crippen molar-refractivity contribution in [3.05, 3.63) is 23.5 Å². The summed E-state index contributed by atoms with van der Waals surface area (Å²) in [5.74, 6) is -1.76. The van der Waals surface area contributed by atoms with Gasteiger partial charge in [-0.25, -0.2) is 4.79 Å². The molecule has 2 aliphatic rings. The Morgan fingerprint density at radius 2 is 2.21 bits per heavy atom. The molecule has 2 rings (SSSR count). The number of carboxylic acid groups (broad SMARTS) is 1. The van der Waals surface area contributed by atoms with E-state index < -0.39 is 18.5 Å². The van der Waals surface area contributed by atoms with E-state index in [1.54, 1.807) is 6.92 Å². The van der Waals surface area contributed by atoms with Gasteiger partial charge in [0.05, 0.1) is 24.4 Å². The van der Waals surface area contributed by atoms with Crippen molar-refractivity contribution < 1.29 is 33.6 Å². The zero-order chi connectivity index (χ0) is 17.7. The highest BCUT2D eigenvalue weighted by atomic mass is 16.8. The summed E-state index contributed by atoms with van der Waals surface area (Å²) in [6, 6.07) is 0. The molecule has 0 bridgehead atoms. The van der Waals surface area contributed by atoms with Crippen molar-refractivity contribution in [1.82, 2.24) is 0 Å². The van der Waals surface area contributed by atoms with Crippen LogP contribution in [0, 0.1) is 11.8 Å². The molecule has 1 heterocycles. The van der Waals surface area contributed by atoms with E-state index in [0.717, 1.165) is 5.57 Å². The topological polar surface area (TPSA) is 91.3 Å². The molecule has 1 N–H and O–H groups in total. The number of carbonyl (C=O) groups excluding carboxylic acids is 1. The fourth-order valence-corrected chi connectivity index (χ4v) is 3.19. The Morgan fingerprint density at radius 3 is 2.83 bits per heavy atom. The standard InChI is InChI=1S/C17H24O7/c1-4-21-11(3)24-17-15-12(7-8-22-10(2)18)5-6-13(15)14(9-23-17)16(19)20/h5,9,11,13,15,17H,4,6-8H2,1-3H3,(H,19,20)/t11?,13-,15+,17+/m1/s1.